The maximum atomic E-state index is 13.6. The lowest BCUT2D eigenvalue weighted by atomic mass is 9.96. The number of hydrogen-bond acceptors (Lipinski definition) is 4. The molecule has 0 radical (unpaired) electrons. The van der Waals surface area contributed by atoms with Crippen LogP contribution in [0.5, 0.6) is 0 Å². The number of piperidine rings is 1. The van der Waals surface area contributed by atoms with Gasteiger partial charge in [0.25, 0.3) is 5.56 Å². The number of anilines is 1. The number of nitrogens with zero attached hydrogens (tertiary/aromatic N) is 3. The molecule has 1 amide bonds. The molecule has 1 aliphatic heterocycles. The van der Waals surface area contributed by atoms with E-state index in [0.717, 1.165) is 42.3 Å². The average Bonchev–Trinajstić information content (AvgIpc) is 2.94. The number of carbonyl (C=O) groups is 1. The summed E-state index contributed by atoms with van der Waals surface area (Å²) in [5.74, 6) is 0.576. The molecule has 3 aromatic carbocycles. The van der Waals surface area contributed by atoms with E-state index in [2.05, 4.69) is 53.5 Å². The zero-order valence-corrected chi connectivity index (χ0v) is 21.4. The molecule has 0 aliphatic carbocycles. The van der Waals surface area contributed by atoms with Gasteiger partial charge in [-0.3, -0.25) is 14.2 Å². The first-order chi connectivity index (χ1) is 18.1. The summed E-state index contributed by atoms with van der Waals surface area (Å²) < 4.78 is 1.83. The van der Waals surface area contributed by atoms with Crippen molar-refractivity contribution in [3.05, 3.63) is 106 Å². The Morgan fingerprint density at radius 3 is 2.38 bits per heavy atom. The first kappa shape index (κ1) is 24.8. The highest BCUT2D eigenvalue weighted by atomic mass is 16.2. The molecule has 1 N–H and O–H groups in total. The second-order valence-electron chi connectivity index (χ2n) is 9.94. The van der Waals surface area contributed by atoms with Crippen molar-refractivity contribution in [3.63, 3.8) is 0 Å². The maximum absolute atomic E-state index is 13.6. The van der Waals surface area contributed by atoms with Gasteiger partial charge in [-0.05, 0) is 55.9 Å². The third kappa shape index (κ3) is 5.91. The standard InChI is InChI=1S/C31H34N4O2/c1-23-13-15-25(16-14-23)22-35-28-12-6-5-11-27(28)33-29(31(35)37)34-20-17-26(18-21-34)30(36)32-19-7-10-24-8-3-2-4-9-24/h2-6,8-9,11-16,26H,7,10,17-22H2,1H3,(H,32,36). The quantitative estimate of drug-likeness (QED) is 0.360. The zero-order valence-electron chi connectivity index (χ0n) is 21.4. The molecule has 0 bridgehead atoms. The van der Waals surface area contributed by atoms with Gasteiger partial charge in [0, 0.05) is 25.6 Å². The average molecular weight is 495 g/mol. The van der Waals surface area contributed by atoms with Crippen LogP contribution in [0, 0.1) is 12.8 Å². The molecule has 5 rings (SSSR count). The molecule has 0 spiro atoms. The second kappa shape index (κ2) is 11.4. The first-order valence-corrected chi connectivity index (χ1v) is 13.2. The maximum Gasteiger partial charge on any atom is 0.294 e. The van der Waals surface area contributed by atoms with Gasteiger partial charge in [0.1, 0.15) is 0 Å². The highest BCUT2D eigenvalue weighted by molar-refractivity contribution is 5.79. The number of carbonyl (C=O) groups excluding carboxylic acids is 1. The molecule has 0 unspecified atom stereocenters. The van der Waals surface area contributed by atoms with Crippen LogP contribution in [0.2, 0.25) is 0 Å². The highest BCUT2D eigenvalue weighted by Gasteiger charge is 2.27. The Morgan fingerprint density at radius 1 is 0.919 bits per heavy atom. The Hall–Kier alpha value is -3.93. The summed E-state index contributed by atoms with van der Waals surface area (Å²) in [5.41, 5.74) is 5.13. The Morgan fingerprint density at radius 2 is 1.62 bits per heavy atom. The fourth-order valence-electron chi connectivity index (χ4n) is 5.06. The number of rotatable bonds is 8. The number of benzene rings is 3. The van der Waals surface area contributed by atoms with Gasteiger partial charge in [-0.1, -0.05) is 72.3 Å². The van der Waals surface area contributed by atoms with Crippen LogP contribution in [-0.4, -0.2) is 35.1 Å². The van der Waals surface area contributed by atoms with Gasteiger partial charge in [-0.25, -0.2) is 4.98 Å². The molecule has 1 saturated heterocycles. The van der Waals surface area contributed by atoms with Crippen LogP contribution in [0.15, 0.2) is 83.7 Å². The smallest absolute Gasteiger partial charge is 0.294 e. The number of fused-ring (bicyclic) bond motifs is 1. The Labute approximate surface area is 218 Å². The lowest BCUT2D eigenvalue weighted by Gasteiger charge is -2.32. The summed E-state index contributed by atoms with van der Waals surface area (Å²) >= 11 is 0. The van der Waals surface area contributed by atoms with Crippen LogP contribution in [0.1, 0.15) is 36.0 Å². The summed E-state index contributed by atoms with van der Waals surface area (Å²) in [7, 11) is 0. The molecule has 1 aliphatic rings. The summed E-state index contributed by atoms with van der Waals surface area (Å²) in [4.78, 5) is 33.2. The van der Waals surface area contributed by atoms with Crippen LogP contribution in [0.4, 0.5) is 5.82 Å². The zero-order chi connectivity index (χ0) is 25.6. The lowest BCUT2D eigenvalue weighted by Crippen LogP contribution is -2.43. The van der Waals surface area contributed by atoms with Gasteiger partial charge in [-0.15, -0.1) is 0 Å². The van der Waals surface area contributed by atoms with Crippen molar-refractivity contribution in [1.29, 1.82) is 0 Å². The molecule has 0 saturated carbocycles. The molecule has 1 fully saturated rings. The number of amides is 1. The molecule has 2 heterocycles. The van der Waals surface area contributed by atoms with Crippen LogP contribution in [0.3, 0.4) is 0 Å². The van der Waals surface area contributed by atoms with Crippen LogP contribution >= 0.6 is 0 Å². The number of hydrogen-bond donors (Lipinski definition) is 1. The van der Waals surface area contributed by atoms with Crippen molar-refractivity contribution in [3.8, 4) is 0 Å². The van der Waals surface area contributed by atoms with Crippen molar-refractivity contribution in [2.45, 2.75) is 39.2 Å². The predicted octanol–water partition coefficient (Wildman–Crippen LogP) is 4.72. The summed E-state index contributed by atoms with van der Waals surface area (Å²) in [6.07, 6.45) is 3.32. The lowest BCUT2D eigenvalue weighted by molar-refractivity contribution is -0.125. The second-order valence-corrected chi connectivity index (χ2v) is 9.94. The minimum atomic E-state index is -0.0805. The fraction of sp³-hybridized carbons (Fsp3) is 0.323. The Bertz CT molecular complexity index is 1410. The first-order valence-electron chi connectivity index (χ1n) is 13.2. The van der Waals surface area contributed by atoms with Crippen molar-refractivity contribution >= 4 is 22.8 Å². The van der Waals surface area contributed by atoms with E-state index in [4.69, 9.17) is 4.98 Å². The van der Waals surface area contributed by atoms with E-state index in [1.165, 1.54) is 11.1 Å². The largest absolute Gasteiger partial charge is 0.356 e. The number of aromatic nitrogens is 2. The van der Waals surface area contributed by atoms with E-state index in [9.17, 15) is 9.59 Å². The SMILES string of the molecule is Cc1ccc(Cn2c(=O)c(N3CCC(C(=O)NCCCc4ccccc4)CC3)nc3ccccc32)cc1. The number of para-hydroxylation sites is 2. The molecule has 190 valence electrons. The molecular formula is C31H34N4O2. The van der Waals surface area contributed by atoms with Gasteiger partial charge in [0.2, 0.25) is 5.91 Å². The minimum absolute atomic E-state index is 0.0248. The van der Waals surface area contributed by atoms with Crippen molar-refractivity contribution in [2.75, 3.05) is 24.5 Å². The minimum Gasteiger partial charge on any atom is -0.356 e. The molecule has 0 atom stereocenters. The van der Waals surface area contributed by atoms with E-state index in [1.54, 1.807) is 0 Å². The van der Waals surface area contributed by atoms with E-state index < -0.39 is 0 Å². The van der Waals surface area contributed by atoms with Crippen LogP contribution in [-0.2, 0) is 17.8 Å². The van der Waals surface area contributed by atoms with Crippen LogP contribution < -0.4 is 15.8 Å². The monoisotopic (exact) mass is 494 g/mol. The fourth-order valence-corrected chi connectivity index (χ4v) is 5.06. The van der Waals surface area contributed by atoms with E-state index in [1.807, 2.05) is 47.0 Å². The van der Waals surface area contributed by atoms with Crippen molar-refractivity contribution in [2.24, 2.45) is 5.92 Å². The predicted molar refractivity (Wildman–Crippen MR) is 149 cm³/mol. The van der Waals surface area contributed by atoms with E-state index in [0.29, 0.717) is 32.0 Å². The van der Waals surface area contributed by atoms with Gasteiger partial charge in [0.05, 0.1) is 17.6 Å². The highest BCUT2D eigenvalue weighted by Crippen LogP contribution is 2.22. The van der Waals surface area contributed by atoms with Gasteiger partial charge in [-0.2, -0.15) is 0 Å². The van der Waals surface area contributed by atoms with E-state index >= 15 is 0 Å². The van der Waals surface area contributed by atoms with Gasteiger partial charge >= 0.3 is 0 Å². The normalized spacial score (nSPS) is 14.1. The molecule has 6 nitrogen and oxygen atoms in total. The molecule has 1 aromatic heterocycles. The van der Waals surface area contributed by atoms with Gasteiger partial charge < -0.3 is 10.2 Å². The number of nitrogens with one attached hydrogen (secondary N) is 1. The summed E-state index contributed by atoms with van der Waals surface area (Å²) in [6.45, 7) is 4.53. The van der Waals surface area contributed by atoms with Crippen molar-refractivity contribution in [1.82, 2.24) is 14.9 Å². The topological polar surface area (TPSA) is 67.2 Å². The molecule has 37 heavy (non-hydrogen) atoms. The number of aryl methyl sites for hydroxylation is 2. The van der Waals surface area contributed by atoms with Crippen LogP contribution in [0.25, 0.3) is 11.0 Å². The summed E-state index contributed by atoms with van der Waals surface area (Å²) in [5, 5.41) is 3.11. The molecule has 6 heteroatoms. The van der Waals surface area contributed by atoms with Gasteiger partial charge in [0.15, 0.2) is 5.82 Å². The van der Waals surface area contributed by atoms with Crippen molar-refractivity contribution < 1.29 is 4.79 Å². The third-order valence-electron chi connectivity index (χ3n) is 7.25. The molecular weight excluding hydrogens is 460 g/mol. The Balaban J connectivity index is 1.24. The van der Waals surface area contributed by atoms with E-state index in [-0.39, 0.29) is 17.4 Å². The molecule has 4 aromatic rings. The summed E-state index contributed by atoms with van der Waals surface area (Å²) in [6, 6.07) is 26.4. The third-order valence-corrected chi connectivity index (χ3v) is 7.25. The Kier molecular flexibility index (Phi) is 7.64.